The molecule has 0 unspecified atom stereocenters. The van der Waals surface area contributed by atoms with Crippen molar-refractivity contribution in [3.8, 4) is 11.3 Å². The summed E-state index contributed by atoms with van der Waals surface area (Å²) in [5.74, 6) is -0.486. The molecule has 3 nitrogen and oxygen atoms in total. The molecule has 0 N–H and O–H groups in total. The minimum atomic E-state index is -4.53. The Labute approximate surface area is 158 Å². The summed E-state index contributed by atoms with van der Waals surface area (Å²) >= 11 is 12.1. The Morgan fingerprint density at radius 3 is 2.50 bits per heavy atom. The van der Waals surface area contributed by atoms with Crippen molar-refractivity contribution in [1.82, 2.24) is 4.98 Å². The Balaban J connectivity index is 2.44. The van der Waals surface area contributed by atoms with Crippen molar-refractivity contribution in [3.63, 3.8) is 0 Å². The fourth-order valence-corrected chi connectivity index (χ4v) is 2.59. The van der Waals surface area contributed by atoms with Crippen molar-refractivity contribution >= 4 is 35.2 Å². The van der Waals surface area contributed by atoms with Gasteiger partial charge in [0.05, 0.1) is 22.9 Å². The van der Waals surface area contributed by atoms with Gasteiger partial charge in [0.2, 0.25) is 0 Å². The van der Waals surface area contributed by atoms with Crippen LogP contribution in [0.2, 0.25) is 10.0 Å². The maximum atomic E-state index is 12.7. The Hall–Kier alpha value is -2.05. The van der Waals surface area contributed by atoms with Crippen LogP contribution in [-0.2, 0) is 15.7 Å². The molecule has 0 aliphatic heterocycles. The average molecular weight is 404 g/mol. The maximum Gasteiger partial charge on any atom is 0.417 e. The predicted octanol–water partition coefficient (Wildman–Crippen LogP) is 6.04. The second-order valence-corrected chi connectivity index (χ2v) is 6.15. The highest BCUT2D eigenvalue weighted by molar-refractivity contribution is 6.33. The first-order valence-electron chi connectivity index (χ1n) is 7.51. The number of halogens is 5. The van der Waals surface area contributed by atoms with E-state index in [2.05, 4.69) is 4.98 Å². The van der Waals surface area contributed by atoms with Crippen LogP contribution in [0.4, 0.5) is 13.2 Å². The van der Waals surface area contributed by atoms with E-state index >= 15 is 0 Å². The van der Waals surface area contributed by atoms with Crippen LogP contribution >= 0.6 is 23.2 Å². The minimum Gasteiger partial charge on any atom is -0.463 e. The summed E-state index contributed by atoms with van der Waals surface area (Å²) in [4.78, 5) is 15.5. The SMILES string of the molecule is CCOC(=O)C(C)=Cc1cc(-c2ncc(C(F)(F)F)cc2Cl)ccc1Cl. The number of carbonyl (C=O) groups excluding carboxylic acids is 1. The standard InChI is InChI=1S/C18H14Cl2F3NO2/c1-3-26-17(25)10(2)6-12-7-11(4-5-14(12)19)16-15(20)8-13(9-24-16)18(21,22)23/h4-9H,3H2,1-2H3. The number of carbonyl (C=O) groups is 1. The first-order chi connectivity index (χ1) is 12.1. The Kier molecular flexibility index (Phi) is 6.31. The zero-order valence-electron chi connectivity index (χ0n) is 13.8. The Morgan fingerprint density at radius 2 is 1.92 bits per heavy atom. The molecule has 0 saturated carbocycles. The Morgan fingerprint density at radius 1 is 1.23 bits per heavy atom. The lowest BCUT2D eigenvalue weighted by Crippen LogP contribution is -2.06. The second-order valence-electron chi connectivity index (χ2n) is 5.34. The lowest BCUT2D eigenvalue weighted by molar-refractivity contribution is -0.139. The van der Waals surface area contributed by atoms with E-state index in [-0.39, 0.29) is 17.3 Å². The molecule has 1 aromatic heterocycles. The Bertz CT molecular complexity index is 864. The van der Waals surface area contributed by atoms with Gasteiger partial charge in [0.15, 0.2) is 0 Å². The molecule has 2 rings (SSSR count). The van der Waals surface area contributed by atoms with Crippen molar-refractivity contribution in [2.24, 2.45) is 0 Å². The molecule has 0 atom stereocenters. The van der Waals surface area contributed by atoms with E-state index < -0.39 is 17.7 Å². The fraction of sp³-hybridized carbons (Fsp3) is 0.222. The van der Waals surface area contributed by atoms with Gasteiger partial charge >= 0.3 is 12.1 Å². The molecule has 0 aliphatic rings. The molecule has 0 saturated heterocycles. The van der Waals surface area contributed by atoms with Gasteiger partial charge in [0, 0.05) is 22.4 Å². The molecule has 1 heterocycles. The second kappa shape index (κ2) is 8.10. The van der Waals surface area contributed by atoms with Crippen LogP contribution in [-0.4, -0.2) is 17.6 Å². The lowest BCUT2D eigenvalue weighted by Gasteiger charge is -2.10. The van der Waals surface area contributed by atoms with Gasteiger partial charge in [0.25, 0.3) is 0 Å². The molecule has 0 radical (unpaired) electrons. The topological polar surface area (TPSA) is 39.2 Å². The van der Waals surface area contributed by atoms with Crippen molar-refractivity contribution in [3.05, 3.63) is 57.2 Å². The summed E-state index contributed by atoms with van der Waals surface area (Å²) in [5.41, 5.74) is 0.541. The zero-order valence-corrected chi connectivity index (χ0v) is 15.3. The number of benzene rings is 1. The zero-order chi connectivity index (χ0) is 19.5. The molecule has 0 spiro atoms. The van der Waals surface area contributed by atoms with Gasteiger partial charge in [-0.25, -0.2) is 4.79 Å². The molecular weight excluding hydrogens is 390 g/mol. The first-order valence-corrected chi connectivity index (χ1v) is 8.27. The number of ether oxygens (including phenoxy) is 1. The van der Waals surface area contributed by atoms with E-state index in [4.69, 9.17) is 27.9 Å². The van der Waals surface area contributed by atoms with E-state index in [0.717, 1.165) is 12.3 Å². The number of pyridine rings is 1. The predicted molar refractivity (Wildman–Crippen MR) is 95.0 cm³/mol. The van der Waals surface area contributed by atoms with Crippen LogP contribution in [0, 0.1) is 0 Å². The highest BCUT2D eigenvalue weighted by Crippen LogP contribution is 2.35. The summed E-state index contributed by atoms with van der Waals surface area (Å²) in [7, 11) is 0. The minimum absolute atomic E-state index is 0.140. The van der Waals surface area contributed by atoms with Gasteiger partial charge in [-0.05, 0) is 43.7 Å². The molecule has 138 valence electrons. The van der Waals surface area contributed by atoms with Gasteiger partial charge in [-0.2, -0.15) is 13.2 Å². The molecule has 0 fully saturated rings. The van der Waals surface area contributed by atoms with E-state index in [9.17, 15) is 18.0 Å². The van der Waals surface area contributed by atoms with Crippen LogP contribution in [0.1, 0.15) is 25.0 Å². The molecule has 0 aliphatic carbocycles. The first kappa shape index (κ1) is 20.3. The molecule has 8 heteroatoms. The van der Waals surface area contributed by atoms with Crippen molar-refractivity contribution in [2.45, 2.75) is 20.0 Å². The molecule has 26 heavy (non-hydrogen) atoms. The van der Waals surface area contributed by atoms with Gasteiger partial charge in [-0.3, -0.25) is 4.98 Å². The third-order valence-electron chi connectivity index (χ3n) is 3.41. The number of aromatic nitrogens is 1. The molecule has 0 amide bonds. The number of rotatable bonds is 4. The van der Waals surface area contributed by atoms with Crippen LogP contribution in [0.25, 0.3) is 17.3 Å². The van der Waals surface area contributed by atoms with Crippen LogP contribution in [0.15, 0.2) is 36.0 Å². The summed E-state index contributed by atoms with van der Waals surface area (Å²) in [6.45, 7) is 3.50. The molecule has 2 aromatic rings. The number of esters is 1. The van der Waals surface area contributed by atoms with Crippen molar-refractivity contribution < 1.29 is 22.7 Å². The summed E-state index contributed by atoms with van der Waals surface area (Å²) in [5, 5.41) is 0.222. The van der Waals surface area contributed by atoms with Crippen LogP contribution < -0.4 is 0 Å². The van der Waals surface area contributed by atoms with Gasteiger partial charge in [-0.15, -0.1) is 0 Å². The highest BCUT2D eigenvalue weighted by Gasteiger charge is 2.31. The summed E-state index contributed by atoms with van der Waals surface area (Å²) in [6, 6.07) is 5.54. The monoisotopic (exact) mass is 403 g/mol. The average Bonchev–Trinajstić information content (AvgIpc) is 2.56. The molecular formula is C18H14Cl2F3NO2. The van der Waals surface area contributed by atoms with Gasteiger partial charge in [0.1, 0.15) is 0 Å². The molecule has 1 aromatic carbocycles. The quantitative estimate of drug-likeness (QED) is 0.461. The third kappa shape index (κ3) is 4.77. The third-order valence-corrected chi connectivity index (χ3v) is 4.04. The van der Waals surface area contributed by atoms with Crippen molar-refractivity contribution in [2.75, 3.05) is 6.61 Å². The van der Waals surface area contributed by atoms with Crippen LogP contribution in [0.3, 0.4) is 0 Å². The molecule has 0 bridgehead atoms. The normalized spacial score (nSPS) is 12.2. The van der Waals surface area contributed by atoms with Gasteiger partial charge in [-0.1, -0.05) is 29.3 Å². The number of hydrogen-bond acceptors (Lipinski definition) is 3. The lowest BCUT2D eigenvalue weighted by atomic mass is 10.0. The largest absolute Gasteiger partial charge is 0.463 e. The van der Waals surface area contributed by atoms with Crippen molar-refractivity contribution in [1.29, 1.82) is 0 Å². The van der Waals surface area contributed by atoms with E-state index in [1.165, 1.54) is 6.08 Å². The number of alkyl halides is 3. The van der Waals surface area contributed by atoms with Crippen LogP contribution in [0.5, 0.6) is 0 Å². The van der Waals surface area contributed by atoms with Gasteiger partial charge < -0.3 is 4.74 Å². The van der Waals surface area contributed by atoms with E-state index in [1.807, 2.05) is 0 Å². The smallest absolute Gasteiger partial charge is 0.417 e. The number of hydrogen-bond donors (Lipinski definition) is 0. The fourth-order valence-electron chi connectivity index (χ4n) is 2.14. The van der Waals surface area contributed by atoms with E-state index in [0.29, 0.717) is 21.7 Å². The maximum absolute atomic E-state index is 12.7. The summed E-state index contributed by atoms with van der Waals surface area (Å²) in [6.07, 6.45) is -2.28. The van der Waals surface area contributed by atoms with E-state index in [1.54, 1.807) is 32.0 Å². The highest BCUT2D eigenvalue weighted by atomic mass is 35.5. The number of nitrogens with zero attached hydrogens (tertiary/aromatic N) is 1. The summed E-state index contributed by atoms with van der Waals surface area (Å²) < 4.78 is 43.1.